The molecule has 8 heteroatoms. The van der Waals surface area contributed by atoms with Crippen molar-refractivity contribution in [2.75, 3.05) is 25.1 Å². The molecule has 0 unspecified atom stereocenters. The van der Waals surface area contributed by atoms with E-state index in [-0.39, 0.29) is 12.5 Å². The molecule has 0 aliphatic heterocycles. The van der Waals surface area contributed by atoms with Crippen molar-refractivity contribution in [3.05, 3.63) is 59.1 Å². The maximum absolute atomic E-state index is 12.3. The Balaban J connectivity index is 1.84. The Labute approximate surface area is 174 Å². The van der Waals surface area contributed by atoms with Crippen LogP contribution in [0.15, 0.2) is 48.5 Å². The van der Waals surface area contributed by atoms with Gasteiger partial charge >= 0.3 is 5.97 Å². The predicted molar refractivity (Wildman–Crippen MR) is 110 cm³/mol. The summed E-state index contributed by atoms with van der Waals surface area (Å²) in [6.07, 6.45) is 0. The highest BCUT2D eigenvalue weighted by atomic mass is 35.5. The van der Waals surface area contributed by atoms with Crippen LogP contribution in [0.2, 0.25) is 5.02 Å². The van der Waals surface area contributed by atoms with E-state index in [0.29, 0.717) is 34.5 Å². The molecule has 154 valence electrons. The number of hydrogen-bond donors (Lipinski definition) is 2. The number of carbonyl (C=O) groups excluding carboxylic acids is 3. The van der Waals surface area contributed by atoms with Crippen LogP contribution >= 0.6 is 11.6 Å². The SMILES string of the molecule is CC(C)CNC(=O)c1ccccc1NC(=O)COC(=O)COc1ccccc1Cl. The third-order valence-corrected chi connectivity index (χ3v) is 3.98. The lowest BCUT2D eigenvalue weighted by Gasteiger charge is -2.13. The third kappa shape index (κ3) is 7.46. The summed E-state index contributed by atoms with van der Waals surface area (Å²) in [7, 11) is 0. The lowest BCUT2D eigenvalue weighted by atomic mass is 10.1. The van der Waals surface area contributed by atoms with Gasteiger partial charge in [-0.05, 0) is 30.2 Å². The maximum Gasteiger partial charge on any atom is 0.344 e. The fourth-order valence-corrected chi connectivity index (χ4v) is 2.44. The van der Waals surface area contributed by atoms with Crippen LogP contribution in [0.3, 0.4) is 0 Å². The number of hydrogen-bond acceptors (Lipinski definition) is 5. The number of halogens is 1. The maximum atomic E-state index is 12.3. The Morgan fingerprint density at radius 3 is 2.41 bits per heavy atom. The zero-order valence-corrected chi connectivity index (χ0v) is 17.0. The number of ether oxygens (including phenoxy) is 2. The second-order valence-electron chi connectivity index (χ2n) is 6.58. The van der Waals surface area contributed by atoms with Crippen LogP contribution in [0.1, 0.15) is 24.2 Å². The van der Waals surface area contributed by atoms with Crippen LogP contribution in [0.4, 0.5) is 5.69 Å². The minimum atomic E-state index is -0.719. The van der Waals surface area contributed by atoms with Gasteiger partial charge in [-0.3, -0.25) is 9.59 Å². The van der Waals surface area contributed by atoms with Crippen molar-refractivity contribution in [1.29, 1.82) is 0 Å². The van der Waals surface area contributed by atoms with Gasteiger partial charge in [0.25, 0.3) is 11.8 Å². The van der Waals surface area contributed by atoms with Gasteiger partial charge < -0.3 is 20.1 Å². The highest BCUT2D eigenvalue weighted by Gasteiger charge is 2.15. The Kier molecular flexibility index (Phi) is 8.48. The van der Waals surface area contributed by atoms with Crippen LogP contribution in [0.25, 0.3) is 0 Å². The summed E-state index contributed by atoms with van der Waals surface area (Å²) in [5.41, 5.74) is 0.664. The molecule has 7 nitrogen and oxygen atoms in total. The molecule has 2 aromatic rings. The van der Waals surface area contributed by atoms with Crippen molar-refractivity contribution in [3.8, 4) is 5.75 Å². The van der Waals surface area contributed by atoms with Crippen LogP contribution < -0.4 is 15.4 Å². The summed E-state index contributed by atoms with van der Waals surface area (Å²) in [6.45, 7) is 3.59. The number of para-hydroxylation sites is 2. The number of rotatable bonds is 9. The molecule has 2 N–H and O–H groups in total. The van der Waals surface area contributed by atoms with E-state index in [1.165, 1.54) is 0 Å². The molecule has 0 aliphatic rings. The van der Waals surface area contributed by atoms with E-state index in [1.807, 2.05) is 13.8 Å². The molecule has 0 saturated heterocycles. The van der Waals surface area contributed by atoms with Crippen LogP contribution in [-0.2, 0) is 14.3 Å². The molecule has 2 rings (SSSR count). The quantitative estimate of drug-likeness (QED) is 0.609. The van der Waals surface area contributed by atoms with Gasteiger partial charge in [0.2, 0.25) is 0 Å². The fourth-order valence-electron chi connectivity index (χ4n) is 2.25. The Hall–Kier alpha value is -3.06. The predicted octanol–water partition coefficient (Wildman–Crippen LogP) is 3.29. The number of benzene rings is 2. The molecule has 0 fully saturated rings. The molecule has 0 bridgehead atoms. The second-order valence-corrected chi connectivity index (χ2v) is 6.98. The van der Waals surface area contributed by atoms with Crippen LogP contribution in [-0.4, -0.2) is 37.5 Å². The molecule has 0 aromatic heterocycles. The first kappa shape index (κ1) is 22.2. The standard InChI is InChI=1S/C21H23ClN2O5/c1-14(2)11-23-21(27)15-7-3-5-9-17(15)24-19(25)12-29-20(26)13-28-18-10-6-4-8-16(18)22/h3-10,14H,11-13H2,1-2H3,(H,23,27)(H,24,25). The molecule has 0 heterocycles. The van der Waals surface area contributed by atoms with Crippen LogP contribution in [0, 0.1) is 5.92 Å². The normalized spacial score (nSPS) is 10.3. The number of amides is 2. The van der Waals surface area contributed by atoms with Crippen molar-refractivity contribution in [2.24, 2.45) is 5.92 Å². The van der Waals surface area contributed by atoms with Gasteiger partial charge in [0.15, 0.2) is 13.2 Å². The highest BCUT2D eigenvalue weighted by Crippen LogP contribution is 2.22. The van der Waals surface area contributed by atoms with Crippen molar-refractivity contribution < 1.29 is 23.9 Å². The first-order valence-electron chi connectivity index (χ1n) is 9.07. The van der Waals surface area contributed by atoms with E-state index >= 15 is 0 Å². The van der Waals surface area contributed by atoms with Gasteiger partial charge in [-0.25, -0.2) is 4.79 Å². The van der Waals surface area contributed by atoms with Gasteiger partial charge in [0, 0.05) is 6.54 Å². The topological polar surface area (TPSA) is 93.7 Å². The van der Waals surface area contributed by atoms with Gasteiger partial charge in [0.05, 0.1) is 16.3 Å². The third-order valence-electron chi connectivity index (χ3n) is 3.66. The van der Waals surface area contributed by atoms with Gasteiger partial charge in [-0.2, -0.15) is 0 Å². The van der Waals surface area contributed by atoms with E-state index in [4.69, 9.17) is 21.1 Å². The Morgan fingerprint density at radius 1 is 1.00 bits per heavy atom. The number of esters is 1. The zero-order valence-electron chi connectivity index (χ0n) is 16.2. The smallest absolute Gasteiger partial charge is 0.344 e. The molecule has 0 spiro atoms. The van der Waals surface area contributed by atoms with E-state index in [1.54, 1.807) is 48.5 Å². The Morgan fingerprint density at radius 2 is 1.69 bits per heavy atom. The summed E-state index contributed by atoms with van der Waals surface area (Å²) < 4.78 is 10.2. The van der Waals surface area contributed by atoms with Gasteiger partial charge in [-0.1, -0.05) is 49.7 Å². The van der Waals surface area contributed by atoms with E-state index in [2.05, 4.69) is 10.6 Å². The van der Waals surface area contributed by atoms with Crippen molar-refractivity contribution in [3.63, 3.8) is 0 Å². The minimum absolute atomic E-state index is 0.292. The van der Waals surface area contributed by atoms with Crippen molar-refractivity contribution >= 4 is 35.1 Å². The second kappa shape index (κ2) is 11.1. The number of carbonyl (C=O) groups is 3. The molecule has 0 aliphatic carbocycles. The van der Waals surface area contributed by atoms with E-state index < -0.39 is 18.5 Å². The van der Waals surface area contributed by atoms with Crippen molar-refractivity contribution in [1.82, 2.24) is 5.32 Å². The zero-order chi connectivity index (χ0) is 21.2. The lowest BCUT2D eigenvalue weighted by Crippen LogP contribution is -2.29. The first-order valence-corrected chi connectivity index (χ1v) is 9.44. The molecular formula is C21H23ClN2O5. The summed E-state index contributed by atoms with van der Waals surface area (Å²) in [6, 6.07) is 13.3. The van der Waals surface area contributed by atoms with Crippen LogP contribution in [0.5, 0.6) is 5.75 Å². The highest BCUT2D eigenvalue weighted by molar-refractivity contribution is 6.32. The number of anilines is 1. The summed E-state index contributed by atoms with van der Waals surface area (Å²) >= 11 is 5.93. The first-order chi connectivity index (χ1) is 13.9. The van der Waals surface area contributed by atoms with E-state index in [9.17, 15) is 14.4 Å². The average molecular weight is 419 g/mol. The summed E-state index contributed by atoms with van der Waals surface area (Å²) in [5, 5.41) is 5.74. The molecule has 29 heavy (non-hydrogen) atoms. The van der Waals surface area contributed by atoms with Gasteiger partial charge in [0.1, 0.15) is 5.75 Å². The molecule has 0 saturated carbocycles. The monoisotopic (exact) mass is 418 g/mol. The largest absolute Gasteiger partial charge is 0.480 e. The average Bonchev–Trinajstić information content (AvgIpc) is 2.70. The lowest BCUT2D eigenvalue weighted by molar-refractivity contribution is -0.149. The van der Waals surface area contributed by atoms with Crippen molar-refractivity contribution in [2.45, 2.75) is 13.8 Å². The molecule has 0 atom stereocenters. The fraction of sp³-hybridized carbons (Fsp3) is 0.286. The van der Waals surface area contributed by atoms with E-state index in [0.717, 1.165) is 0 Å². The Bertz CT molecular complexity index is 870. The molecular weight excluding hydrogens is 396 g/mol. The summed E-state index contributed by atoms with van der Waals surface area (Å²) in [4.78, 5) is 36.2. The molecule has 0 radical (unpaired) electrons. The number of nitrogens with one attached hydrogen (secondary N) is 2. The summed E-state index contributed by atoms with van der Waals surface area (Å²) in [5.74, 6) is -0.937. The minimum Gasteiger partial charge on any atom is -0.480 e. The molecule has 2 amide bonds. The van der Waals surface area contributed by atoms with Gasteiger partial charge in [-0.15, -0.1) is 0 Å². The molecule has 2 aromatic carbocycles.